The SMILES string of the molecule is CCC(CC)c1ccc(C(CC)CC)c([N+](=O)[O-])c1. The molecular formula is C16H25NO2. The van der Waals surface area contributed by atoms with Crippen LogP contribution in [0.4, 0.5) is 5.69 Å². The topological polar surface area (TPSA) is 43.1 Å². The van der Waals surface area contributed by atoms with E-state index < -0.39 is 0 Å². The molecule has 0 radical (unpaired) electrons. The van der Waals surface area contributed by atoms with Crippen LogP contribution in [-0.4, -0.2) is 4.92 Å². The second-order valence-electron chi connectivity index (χ2n) is 5.10. The monoisotopic (exact) mass is 263 g/mol. The van der Waals surface area contributed by atoms with Crippen LogP contribution in [0.25, 0.3) is 0 Å². The maximum atomic E-state index is 11.3. The van der Waals surface area contributed by atoms with Gasteiger partial charge in [0.15, 0.2) is 0 Å². The molecule has 3 nitrogen and oxygen atoms in total. The summed E-state index contributed by atoms with van der Waals surface area (Å²) in [6.45, 7) is 8.45. The summed E-state index contributed by atoms with van der Waals surface area (Å²) in [6, 6.07) is 5.85. The number of hydrogen-bond acceptors (Lipinski definition) is 2. The van der Waals surface area contributed by atoms with E-state index in [1.807, 2.05) is 6.07 Å². The van der Waals surface area contributed by atoms with Crippen molar-refractivity contribution in [1.29, 1.82) is 0 Å². The highest BCUT2D eigenvalue weighted by Crippen LogP contribution is 2.34. The van der Waals surface area contributed by atoms with Gasteiger partial charge in [-0.25, -0.2) is 0 Å². The number of nitrogens with zero attached hydrogens (tertiary/aromatic N) is 1. The van der Waals surface area contributed by atoms with Crippen molar-refractivity contribution in [3.8, 4) is 0 Å². The first kappa shape index (κ1) is 15.7. The van der Waals surface area contributed by atoms with E-state index in [1.54, 1.807) is 6.07 Å². The molecule has 0 fully saturated rings. The van der Waals surface area contributed by atoms with E-state index in [1.165, 1.54) is 0 Å². The largest absolute Gasteiger partial charge is 0.273 e. The van der Waals surface area contributed by atoms with E-state index in [0.717, 1.165) is 36.8 Å². The molecule has 19 heavy (non-hydrogen) atoms. The molecule has 0 saturated heterocycles. The van der Waals surface area contributed by atoms with Crippen LogP contribution in [0.5, 0.6) is 0 Å². The maximum Gasteiger partial charge on any atom is 0.273 e. The third-order valence-electron chi connectivity index (χ3n) is 4.13. The molecule has 0 saturated carbocycles. The molecule has 0 atom stereocenters. The van der Waals surface area contributed by atoms with Gasteiger partial charge in [0.2, 0.25) is 0 Å². The first-order chi connectivity index (χ1) is 9.08. The summed E-state index contributed by atoms with van der Waals surface area (Å²) in [7, 11) is 0. The molecule has 1 aromatic carbocycles. The molecule has 0 unspecified atom stereocenters. The van der Waals surface area contributed by atoms with Crippen LogP contribution in [0, 0.1) is 10.1 Å². The minimum atomic E-state index is -0.223. The molecule has 0 aromatic heterocycles. The highest BCUT2D eigenvalue weighted by atomic mass is 16.6. The average molecular weight is 263 g/mol. The van der Waals surface area contributed by atoms with Crippen molar-refractivity contribution >= 4 is 5.69 Å². The molecule has 0 aliphatic carbocycles. The van der Waals surface area contributed by atoms with Crippen molar-refractivity contribution in [3.63, 3.8) is 0 Å². The van der Waals surface area contributed by atoms with E-state index in [2.05, 4.69) is 33.8 Å². The van der Waals surface area contributed by atoms with E-state index >= 15 is 0 Å². The van der Waals surface area contributed by atoms with E-state index in [0.29, 0.717) is 11.6 Å². The number of rotatable bonds is 7. The minimum absolute atomic E-state index is 0.223. The average Bonchev–Trinajstić information content (AvgIpc) is 2.42. The van der Waals surface area contributed by atoms with Crippen LogP contribution < -0.4 is 0 Å². The van der Waals surface area contributed by atoms with Gasteiger partial charge in [-0.3, -0.25) is 10.1 Å². The fraction of sp³-hybridized carbons (Fsp3) is 0.625. The Hall–Kier alpha value is -1.38. The Kier molecular flexibility index (Phi) is 6.00. The zero-order valence-electron chi connectivity index (χ0n) is 12.5. The number of benzene rings is 1. The van der Waals surface area contributed by atoms with Gasteiger partial charge >= 0.3 is 0 Å². The third-order valence-corrected chi connectivity index (χ3v) is 4.13. The summed E-state index contributed by atoms with van der Waals surface area (Å²) in [5.74, 6) is 0.714. The normalized spacial score (nSPS) is 11.3. The molecule has 0 heterocycles. The standard InChI is InChI=1S/C16H25NO2/c1-5-12(6-2)14-9-10-15(13(7-3)8-4)16(11-14)17(18)19/h9-13H,5-8H2,1-4H3. The second kappa shape index (κ2) is 7.27. The van der Waals surface area contributed by atoms with E-state index in [9.17, 15) is 10.1 Å². The van der Waals surface area contributed by atoms with Gasteiger partial charge in [-0.15, -0.1) is 0 Å². The Morgan fingerprint density at radius 1 is 1.00 bits per heavy atom. The van der Waals surface area contributed by atoms with Gasteiger partial charge in [-0.05, 0) is 43.1 Å². The molecule has 0 amide bonds. The molecule has 1 aromatic rings. The van der Waals surface area contributed by atoms with Crippen molar-refractivity contribution < 1.29 is 4.92 Å². The van der Waals surface area contributed by atoms with Crippen LogP contribution in [0.2, 0.25) is 0 Å². The molecular weight excluding hydrogens is 238 g/mol. The Labute approximate surface area is 116 Å². The summed E-state index contributed by atoms with van der Waals surface area (Å²) >= 11 is 0. The highest BCUT2D eigenvalue weighted by Gasteiger charge is 2.21. The lowest BCUT2D eigenvalue weighted by atomic mass is 9.88. The third kappa shape index (κ3) is 3.55. The lowest BCUT2D eigenvalue weighted by molar-refractivity contribution is -0.385. The first-order valence-electron chi connectivity index (χ1n) is 7.37. The quantitative estimate of drug-likeness (QED) is 0.488. The molecule has 1 rings (SSSR count). The van der Waals surface area contributed by atoms with Crippen molar-refractivity contribution in [2.45, 2.75) is 65.2 Å². The lowest BCUT2D eigenvalue weighted by Gasteiger charge is -2.17. The predicted octanol–water partition coefficient (Wildman–Crippen LogP) is 5.40. The molecule has 106 valence electrons. The van der Waals surface area contributed by atoms with Crippen molar-refractivity contribution in [2.75, 3.05) is 0 Å². The summed E-state index contributed by atoms with van der Waals surface area (Å²) in [6.07, 6.45) is 3.94. The predicted molar refractivity (Wildman–Crippen MR) is 79.7 cm³/mol. The van der Waals surface area contributed by atoms with Crippen molar-refractivity contribution in [1.82, 2.24) is 0 Å². The smallest absolute Gasteiger partial charge is 0.258 e. The second-order valence-corrected chi connectivity index (χ2v) is 5.10. The van der Waals surface area contributed by atoms with Crippen molar-refractivity contribution in [3.05, 3.63) is 39.4 Å². The molecule has 3 heteroatoms. The molecule has 0 aliphatic rings. The molecule has 0 aliphatic heterocycles. The number of nitro benzene ring substituents is 1. The summed E-state index contributed by atoms with van der Waals surface area (Å²) in [5, 5.41) is 11.3. The Balaban J connectivity index is 3.25. The van der Waals surface area contributed by atoms with Gasteiger partial charge in [0.05, 0.1) is 4.92 Å². The van der Waals surface area contributed by atoms with Crippen LogP contribution in [0.1, 0.15) is 76.3 Å². The minimum Gasteiger partial charge on any atom is -0.258 e. The van der Waals surface area contributed by atoms with Gasteiger partial charge in [0.1, 0.15) is 0 Å². The fourth-order valence-electron chi connectivity index (χ4n) is 2.81. The van der Waals surface area contributed by atoms with Gasteiger partial charge in [-0.2, -0.15) is 0 Å². The van der Waals surface area contributed by atoms with Gasteiger partial charge in [0, 0.05) is 11.6 Å². The molecule has 0 bridgehead atoms. The zero-order valence-corrected chi connectivity index (χ0v) is 12.5. The Bertz CT molecular complexity index is 421. The molecule has 0 spiro atoms. The Morgan fingerprint density at radius 3 is 1.95 bits per heavy atom. The van der Waals surface area contributed by atoms with Crippen LogP contribution in [0.15, 0.2) is 18.2 Å². The summed E-state index contributed by atoms with van der Waals surface area (Å²) in [5.41, 5.74) is 2.30. The lowest BCUT2D eigenvalue weighted by Crippen LogP contribution is -2.04. The van der Waals surface area contributed by atoms with E-state index in [-0.39, 0.29) is 10.8 Å². The Morgan fingerprint density at radius 2 is 1.53 bits per heavy atom. The first-order valence-corrected chi connectivity index (χ1v) is 7.37. The van der Waals surface area contributed by atoms with Crippen molar-refractivity contribution in [2.24, 2.45) is 0 Å². The van der Waals surface area contributed by atoms with Gasteiger partial charge in [0.25, 0.3) is 5.69 Å². The highest BCUT2D eigenvalue weighted by molar-refractivity contribution is 5.46. The number of hydrogen-bond donors (Lipinski definition) is 0. The summed E-state index contributed by atoms with van der Waals surface area (Å²) < 4.78 is 0. The summed E-state index contributed by atoms with van der Waals surface area (Å²) in [4.78, 5) is 11.1. The fourth-order valence-corrected chi connectivity index (χ4v) is 2.81. The maximum absolute atomic E-state index is 11.3. The van der Waals surface area contributed by atoms with Crippen LogP contribution in [0.3, 0.4) is 0 Å². The van der Waals surface area contributed by atoms with Gasteiger partial charge in [-0.1, -0.05) is 39.8 Å². The molecule has 0 N–H and O–H groups in total. The van der Waals surface area contributed by atoms with Gasteiger partial charge < -0.3 is 0 Å². The number of nitro groups is 1. The zero-order chi connectivity index (χ0) is 14.4. The van der Waals surface area contributed by atoms with Crippen LogP contribution >= 0.6 is 0 Å². The van der Waals surface area contributed by atoms with Crippen LogP contribution in [-0.2, 0) is 0 Å². The van der Waals surface area contributed by atoms with E-state index in [4.69, 9.17) is 0 Å².